The van der Waals surface area contributed by atoms with E-state index in [9.17, 15) is 17.6 Å². The zero-order valence-electron chi connectivity index (χ0n) is 10.4. The summed E-state index contributed by atoms with van der Waals surface area (Å²) in [5.74, 6) is -0.847. The number of hydrogen-bond donors (Lipinski definition) is 1. The Balaban J connectivity index is 2.35. The van der Waals surface area contributed by atoms with Gasteiger partial charge >= 0.3 is 6.18 Å². The summed E-state index contributed by atoms with van der Waals surface area (Å²) in [5.41, 5.74) is 4.44. The van der Waals surface area contributed by atoms with Crippen LogP contribution in [-0.4, -0.2) is 14.6 Å². The molecule has 2 N–H and O–H groups in total. The van der Waals surface area contributed by atoms with Crippen LogP contribution in [0.4, 0.5) is 23.5 Å². The third kappa shape index (κ3) is 2.28. The molecule has 0 saturated carbocycles. The molecule has 2 aromatic heterocycles. The number of pyridine rings is 1. The van der Waals surface area contributed by atoms with E-state index in [1.165, 1.54) is 22.8 Å². The van der Waals surface area contributed by atoms with Crippen LogP contribution in [0.15, 0.2) is 36.5 Å². The van der Waals surface area contributed by atoms with Crippen LogP contribution in [0.1, 0.15) is 5.56 Å². The summed E-state index contributed by atoms with van der Waals surface area (Å²) >= 11 is 0. The Morgan fingerprint density at radius 1 is 1.10 bits per heavy atom. The molecule has 3 rings (SSSR count). The number of alkyl halides is 3. The second-order valence-electron chi connectivity index (χ2n) is 4.35. The van der Waals surface area contributed by atoms with Gasteiger partial charge in [-0.15, -0.1) is 5.10 Å². The van der Waals surface area contributed by atoms with E-state index in [-0.39, 0.29) is 22.7 Å². The Hall–Kier alpha value is -2.64. The highest BCUT2D eigenvalue weighted by molar-refractivity contribution is 5.80. The first-order chi connectivity index (χ1) is 9.86. The molecule has 0 aliphatic heterocycles. The standard InChI is InChI=1S/C13H8F4N4/c14-7-3-4-10(13(15,16)17)9(6-7)8-2-1-5-21-11(8)19-12(18)20-21/h1-6H,(H2,18,20). The van der Waals surface area contributed by atoms with Gasteiger partial charge in [0.2, 0.25) is 5.95 Å². The van der Waals surface area contributed by atoms with E-state index in [1.54, 1.807) is 0 Å². The molecule has 8 heteroatoms. The number of aromatic nitrogens is 3. The van der Waals surface area contributed by atoms with Crippen molar-refractivity contribution in [3.05, 3.63) is 47.9 Å². The van der Waals surface area contributed by atoms with Crippen LogP contribution in [0.5, 0.6) is 0 Å². The van der Waals surface area contributed by atoms with Crippen LogP contribution in [0.3, 0.4) is 0 Å². The third-order valence-corrected chi connectivity index (χ3v) is 2.96. The van der Waals surface area contributed by atoms with E-state index in [0.717, 1.165) is 12.1 Å². The van der Waals surface area contributed by atoms with Crippen LogP contribution in [0.25, 0.3) is 16.8 Å². The van der Waals surface area contributed by atoms with Crippen molar-refractivity contribution in [2.75, 3.05) is 5.73 Å². The number of hydrogen-bond acceptors (Lipinski definition) is 3. The minimum Gasteiger partial charge on any atom is -0.366 e. The molecule has 0 bridgehead atoms. The highest BCUT2D eigenvalue weighted by Crippen LogP contribution is 2.38. The number of nitrogens with two attached hydrogens (primary N) is 1. The summed E-state index contributed by atoms with van der Waals surface area (Å²) < 4.78 is 53.9. The maximum Gasteiger partial charge on any atom is 0.417 e. The predicted octanol–water partition coefficient (Wildman–Crippen LogP) is 3.14. The fraction of sp³-hybridized carbons (Fsp3) is 0.0769. The first-order valence-electron chi connectivity index (χ1n) is 5.84. The van der Waals surface area contributed by atoms with Gasteiger partial charge in [0.15, 0.2) is 5.65 Å². The molecule has 1 aromatic carbocycles. The lowest BCUT2D eigenvalue weighted by Gasteiger charge is -2.13. The third-order valence-electron chi connectivity index (χ3n) is 2.96. The van der Waals surface area contributed by atoms with Crippen LogP contribution >= 0.6 is 0 Å². The number of fused-ring (bicyclic) bond motifs is 1. The summed E-state index contributed by atoms with van der Waals surface area (Å²) in [7, 11) is 0. The van der Waals surface area contributed by atoms with Crippen molar-refractivity contribution >= 4 is 11.6 Å². The molecule has 4 nitrogen and oxygen atoms in total. The number of anilines is 1. The quantitative estimate of drug-likeness (QED) is 0.702. The maximum atomic E-state index is 13.4. The summed E-state index contributed by atoms with van der Waals surface area (Å²) in [5, 5.41) is 3.82. The van der Waals surface area contributed by atoms with Gasteiger partial charge < -0.3 is 5.73 Å². The minimum absolute atomic E-state index is 0.0765. The highest BCUT2D eigenvalue weighted by atomic mass is 19.4. The van der Waals surface area contributed by atoms with Gasteiger partial charge in [0.1, 0.15) is 5.82 Å². The Morgan fingerprint density at radius 3 is 2.57 bits per heavy atom. The number of halogens is 4. The molecule has 2 heterocycles. The molecule has 3 aromatic rings. The van der Waals surface area contributed by atoms with Gasteiger partial charge in [0.25, 0.3) is 0 Å². The SMILES string of the molecule is Nc1nc2c(-c3cc(F)ccc3C(F)(F)F)cccn2n1. The molecular formula is C13H8F4N4. The smallest absolute Gasteiger partial charge is 0.366 e. The van der Waals surface area contributed by atoms with Crippen molar-refractivity contribution in [1.82, 2.24) is 14.6 Å². The van der Waals surface area contributed by atoms with Crippen LogP contribution in [0.2, 0.25) is 0 Å². The number of benzene rings is 1. The van der Waals surface area contributed by atoms with Gasteiger partial charge in [-0.05, 0) is 30.3 Å². The second kappa shape index (κ2) is 4.44. The van der Waals surface area contributed by atoms with E-state index in [2.05, 4.69) is 10.1 Å². The average Bonchev–Trinajstić information content (AvgIpc) is 2.77. The number of nitrogen functional groups attached to an aromatic ring is 1. The lowest BCUT2D eigenvalue weighted by Crippen LogP contribution is -2.08. The molecule has 0 fully saturated rings. The Labute approximate surface area is 115 Å². The molecule has 0 spiro atoms. The average molecular weight is 296 g/mol. The molecular weight excluding hydrogens is 288 g/mol. The summed E-state index contributed by atoms with van der Waals surface area (Å²) in [6, 6.07) is 5.19. The number of nitrogens with zero attached hydrogens (tertiary/aromatic N) is 3. The summed E-state index contributed by atoms with van der Waals surface area (Å²) in [6.45, 7) is 0. The van der Waals surface area contributed by atoms with Crippen LogP contribution < -0.4 is 5.73 Å². The van der Waals surface area contributed by atoms with E-state index in [1.807, 2.05) is 0 Å². The molecule has 21 heavy (non-hydrogen) atoms. The topological polar surface area (TPSA) is 56.2 Å². The lowest BCUT2D eigenvalue weighted by molar-refractivity contribution is -0.137. The normalized spacial score (nSPS) is 12.0. The van der Waals surface area contributed by atoms with Crippen molar-refractivity contribution in [3.8, 4) is 11.1 Å². The molecule has 0 radical (unpaired) electrons. The van der Waals surface area contributed by atoms with E-state index in [4.69, 9.17) is 5.73 Å². The van der Waals surface area contributed by atoms with E-state index in [0.29, 0.717) is 6.07 Å². The van der Waals surface area contributed by atoms with E-state index < -0.39 is 17.6 Å². The van der Waals surface area contributed by atoms with E-state index >= 15 is 0 Å². The molecule has 0 atom stereocenters. The van der Waals surface area contributed by atoms with Crippen molar-refractivity contribution in [3.63, 3.8) is 0 Å². The van der Waals surface area contributed by atoms with Gasteiger partial charge in [0.05, 0.1) is 5.56 Å². The Morgan fingerprint density at radius 2 is 1.86 bits per heavy atom. The van der Waals surface area contributed by atoms with Crippen molar-refractivity contribution < 1.29 is 17.6 Å². The molecule has 0 aliphatic carbocycles. The molecule has 0 amide bonds. The predicted molar refractivity (Wildman–Crippen MR) is 67.8 cm³/mol. The largest absolute Gasteiger partial charge is 0.417 e. The summed E-state index contributed by atoms with van der Waals surface area (Å²) in [6.07, 6.45) is -3.11. The number of rotatable bonds is 1. The van der Waals surface area contributed by atoms with Gasteiger partial charge in [-0.3, -0.25) is 0 Å². The van der Waals surface area contributed by atoms with Crippen LogP contribution in [-0.2, 0) is 6.18 Å². The zero-order chi connectivity index (χ0) is 15.2. The zero-order valence-corrected chi connectivity index (χ0v) is 10.4. The maximum absolute atomic E-state index is 13.4. The molecule has 108 valence electrons. The molecule has 0 unspecified atom stereocenters. The minimum atomic E-state index is -4.61. The fourth-order valence-electron chi connectivity index (χ4n) is 2.12. The van der Waals surface area contributed by atoms with Gasteiger partial charge in [-0.25, -0.2) is 8.91 Å². The highest BCUT2D eigenvalue weighted by Gasteiger charge is 2.34. The second-order valence-corrected chi connectivity index (χ2v) is 4.35. The molecule has 0 saturated heterocycles. The van der Waals surface area contributed by atoms with Crippen molar-refractivity contribution in [1.29, 1.82) is 0 Å². The van der Waals surface area contributed by atoms with Gasteiger partial charge in [-0.2, -0.15) is 18.2 Å². The van der Waals surface area contributed by atoms with Crippen LogP contribution in [0, 0.1) is 5.82 Å². The lowest BCUT2D eigenvalue weighted by atomic mass is 10.00. The summed E-state index contributed by atoms with van der Waals surface area (Å²) in [4.78, 5) is 3.88. The molecule has 0 aliphatic rings. The van der Waals surface area contributed by atoms with Crippen molar-refractivity contribution in [2.24, 2.45) is 0 Å². The van der Waals surface area contributed by atoms with Gasteiger partial charge in [-0.1, -0.05) is 0 Å². The first kappa shape index (κ1) is 13.3. The van der Waals surface area contributed by atoms with Gasteiger partial charge in [0, 0.05) is 17.3 Å². The Bertz CT molecular complexity index is 823. The van der Waals surface area contributed by atoms with Crippen molar-refractivity contribution in [2.45, 2.75) is 6.18 Å². The Kier molecular flexibility index (Phi) is 2.82. The first-order valence-corrected chi connectivity index (χ1v) is 5.84. The monoisotopic (exact) mass is 296 g/mol. The fourth-order valence-corrected chi connectivity index (χ4v) is 2.12.